The molecule has 6 rings (SSSR count). The largest absolute Gasteiger partial charge is 0.446 e. The molecular weight excluding hydrogens is 427 g/mol. The summed E-state index contributed by atoms with van der Waals surface area (Å²) in [5.74, 6) is 0.452. The molecule has 2 heterocycles. The highest BCUT2D eigenvalue weighted by Crippen LogP contribution is 2.60. The molecule has 174 valence electrons. The number of rotatable bonds is 4. The monoisotopic (exact) mass is 453 g/mol. The summed E-state index contributed by atoms with van der Waals surface area (Å²) < 4.78 is 44.5. The number of nitrogens with zero attached hydrogens (tertiary/aromatic N) is 3. The molecule has 4 bridgehead atoms. The van der Waals surface area contributed by atoms with Crippen molar-refractivity contribution in [3.8, 4) is 0 Å². The van der Waals surface area contributed by atoms with Crippen LogP contribution in [-0.2, 0) is 15.7 Å². The second-order valence-electron chi connectivity index (χ2n) is 9.80. The highest BCUT2D eigenvalue weighted by molar-refractivity contribution is 5.81. The highest BCUT2D eigenvalue weighted by atomic mass is 19.4. The normalized spacial score (nSPS) is 35.7. The van der Waals surface area contributed by atoms with Crippen LogP contribution in [0.1, 0.15) is 44.2 Å². The van der Waals surface area contributed by atoms with Gasteiger partial charge in [-0.2, -0.15) is 13.2 Å². The standard InChI is InChI=1S/C21H26F3N5O3/c22-21(23,24)15-1-3-26-18(28-15)27-14-2-4-29(10-14)19(31)32-16-12-5-11-6-13(16)9-20(7-11,8-12)17(25)30/h1,3,11-14,16H,2,4-10H2,(H2,25,30)(H,26,27,28)/t11?,12-,13?,14?,16?,20?/m1/s1. The number of alkyl halides is 3. The average Bonchev–Trinajstić information content (AvgIpc) is 3.18. The first kappa shape index (κ1) is 21.3. The molecule has 32 heavy (non-hydrogen) atoms. The Morgan fingerprint density at radius 3 is 2.59 bits per heavy atom. The number of ether oxygens (including phenoxy) is 1. The van der Waals surface area contributed by atoms with Crippen molar-refractivity contribution in [3.63, 3.8) is 0 Å². The lowest BCUT2D eigenvalue weighted by atomic mass is 9.48. The molecule has 4 aliphatic carbocycles. The van der Waals surface area contributed by atoms with Crippen LogP contribution in [0.3, 0.4) is 0 Å². The molecule has 0 aromatic carbocycles. The van der Waals surface area contributed by atoms with Gasteiger partial charge in [0.2, 0.25) is 11.9 Å². The number of anilines is 1. The molecule has 1 saturated heterocycles. The van der Waals surface area contributed by atoms with E-state index in [1.165, 1.54) is 0 Å². The minimum Gasteiger partial charge on any atom is -0.446 e. The van der Waals surface area contributed by atoms with Crippen LogP contribution < -0.4 is 11.1 Å². The van der Waals surface area contributed by atoms with E-state index in [1.54, 1.807) is 4.90 Å². The number of hydrogen-bond donors (Lipinski definition) is 2. The molecule has 5 aliphatic rings. The molecule has 1 aromatic rings. The molecule has 1 aliphatic heterocycles. The number of hydrogen-bond acceptors (Lipinski definition) is 6. The molecule has 3 N–H and O–H groups in total. The van der Waals surface area contributed by atoms with Crippen LogP contribution >= 0.6 is 0 Å². The molecule has 2 amide bonds. The van der Waals surface area contributed by atoms with Crippen LogP contribution in [0.4, 0.5) is 23.9 Å². The van der Waals surface area contributed by atoms with Crippen molar-refractivity contribution < 1.29 is 27.5 Å². The SMILES string of the molecule is NC(=O)C12CC3CC(C1)C(OC(=O)N1CCC(Nc4nccc(C(F)(F)F)n4)C1)[C@H](C3)C2. The number of nitrogens with one attached hydrogen (secondary N) is 1. The fraction of sp³-hybridized carbons (Fsp3) is 0.714. The van der Waals surface area contributed by atoms with Crippen molar-refractivity contribution in [2.75, 3.05) is 18.4 Å². The Labute approximate surface area is 183 Å². The number of carbonyl (C=O) groups is 2. The maximum atomic E-state index is 12.9. The first-order chi connectivity index (χ1) is 15.1. The Morgan fingerprint density at radius 1 is 1.22 bits per heavy atom. The second kappa shape index (κ2) is 7.48. The summed E-state index contributed by atoms with van der Waals surface area (Å²) in [4.78, 5) is 33.9. The third-order valence-electron chi connectivity index (χ3n) is 7.67. The molecule has 0 spiro atoms. The molecule has 5 unspecified atom stereocenters. The maximum Gasteiger partial charge on any atom is 0.433 e. The summed E-state index contributed by atoms with van der Waals surface area (Å²) in [6.07, 6.45) is 0.596. The fourth-order valence-corrected chi connectivity index (χ4v) is 6.48. The third kappa shape index (κ3) is 3.75. The van der Waals surface area contributed by atoms with Crippen LogP contribution in [-0.4, -0.2) is 52.1 Å². The number of primary amides is 1. The Kier molecular flexibility index (Phi) is 4.97. The zero-order valence-corrected chi connectivity index (χ0v) is 17.5. The number of halogens is 3. The van der Waals surface area contributed by atoms with E-state index in [4.69, 9.17) is 10.5 Å². The Balaban J connectivity index is 1.18. The van der Waals surface area contributed by atoms with E-state index in [1.807, 2.05) is 0 Å². The smallest absolute Gasteiger partial charge is 0.433 e. The lowest BCUT2D eigenvalue weighted by Crippen LogP contribution is -2.59. The quantitative estimate of drug-likeness (QED) is 0.726. The van der Waals surface area contributed by atoms with Gasteiger partial charge >= 0.3 is 12.3 Å². The van der Waals surface area contributed by atoms with Gasteiger partial charge in [0.25, 0.3) is 0 Å². The van der Waals surface area contributed by atoms with E-state index in [-0.39, 0.29) is 35.8 Å². The summed E-state index contributed by atoms with van der Waals surface area (Å²) in [7, 11) is 0. The first-order valence-corrected chi connectivity index (χ1v) is 11.1. The number of likely N-dealkylation sites (tertiary alicyclic amines) is 1. The van der Waals surface area contributed by atoms with Crippen molar-refractivity contribution in [1.29, 1.82) is 0 Å². The van der Waals surface area contributed by atoms with Gasteiger partial charge in [0.15, 0.2) is 0 Å². The lowest BCUT2D eigenvalue weighted by Gasteiger charge is -2.58. The van der Waals surface area contributed by atoms with E-state index in [9.17, 15) is 22.8 Å². The van der Waals surface area contributed by atoms with Crippen LogP contribution in [0.5, 0.6) is 0 Å². The zero-order chi connectivity index (χ0) is 22.7. The Hall–Kier alpha value is -2.59. The lowest BCUT2D eigenvalue weighted by molar-refractivity contribution is -0.161. The third-order valence-corrected chi connectivity index (χ3v) is 7.67. The van der Waals surface area contributed by atoms with Crippen molar-refractivity contribution >= 4 is 17.9 Å². The highest BCUT2D eigenvalue weighted by Gasteiger charge is 2.59. The van der Waals surface area contributed by atoms with Crippen molar-refractivity contribution in [3.05, 3.63) is 18.0 Å². The molecule has 5 fully saturated rings. The predicted molar refractivity (Wildman–Crippen MR) is 106 cm³/mol. The van der Waals surface area contributed by atoms with Crippen LogP contribution in [0, 0.1) is 23.2 Å². The fourth-order valence-electron chi connectivity index (χ4n) is 6.48. The summed E-state index contributed by atoms with van der Waals surface area (Å²) in [5.41, 5.74) is 4.26. The summed E-state index contributed by atoms with van der Waals surface area (Å²) in [6, 6.07) is 0.555. The van der Waals surface area contributed by atoms with Gasteiger partial charge in [0.05, 0.1) is 5.41 Å². The molecular formula is C21H26F3N5O3. The van der Waals surface area contributed by atoms with Gasteiger partial charge in [-0.3, -0.25) is 4.79 Å². The molecule has 1 aromatic heterocycles. The summed E-state index contributed by atoms with van der Waals surface area (Å²) >= 11 is 0. The second-order valence-corrected chi connectivity index (χ2v) is 9.80. The minimum atomic E-state index is -4.55. The maximum absolute atomic E-state index is 12.9. The number of carbonyl (C=O) groups excluding carboxylic acids is 2. The minimum absolute atomic E-state index is 0.113. The molecule has 0 radical (unpaired) electrons. The Morgan fingerprint density at radius 2 is 1.94 bits per heavy atom. The van der Waals surface area contributed by atoms with Gasteiger partial charge in [-0.25, -0.2) is 14.8 Å². The van der Waals surface area contributed by atoms with Crippen molar-refractivity contribution in [2.24, 2.45) is 28.9 Å². The Bertz CT molecular complexity index is 910. The number of amides is 2. The molecule has 6 atom stereocenters. The van der Waals surface area contributed by atoms with E-state index in [0.717, 1.165) is 31.5 Å². The van der Waals surface area contributed by atoms with E-state index in [0.29, 0.717) is 38.3 Å². The van der Waals surface area contributed by atoms with Crippen LogP contribution in [0.2, 0.25) is 0 Å². The first-order valence-electron chi connectivity index (χ1n) is 11.1. The van der Waals surface area contributed by atoms with Gasteiger partial charge < -0.3 is 20.7 Å². The van der Waals surface area contributed by atoms with Gasteiger partial charge in [-0.1, -0.05) is 0 Å². The number of aromatic nitrogens is 2. The molecule has 8 nitrogen and oxygen atoms in total. The van der Waals surface area contributed by atoms with Gasteiger partial charge in [-0.15, -0.1) is 0 Å². The van der Waals surface area contributed by atoms with Gasteiger partial charge in [0.1, 0.15) is 11.8 Å². The van der Waals surface area contributed by atoms with Gasteiger partial charge in [0, 0.05) is 25.3 Å². The van der Waals surface area contributed by atoms with Crippen LogP contribution in [0.25, 0.3) is 0 Å². The molecule has 4 saturated carbocycles. The summed E-state index contributed by atoms with van der Waals surface area (Å²) in [5, 5.41) is 2.89. The van der Waals surface area contributed by atoms with Crippen molar-refractivity contribution in [1.82, 2.24) is 14.9 Å². The summed E-state index contributed by atoms with van der Waals surface area (Å²) in [6.45, 7) is 0.736. The average molecular weight is 453 g/mol. The van der Waals surface area contributed by atoms with Crippen molar-refractivity contribution in [2.45, 2.75) is 56.8 Å². The van der Waals surface area contributed by atoms with E-state index in [2.05, 4.69) is 15.3 Å². The predicted octanol–water partition coefficient (Wildman–Crippen LogP) is 2.80. The van der Waals surface area contributed by atoms with Crippen LogP contribution in [0.15, 0.2) is 12.3 Å². The van der Waals surface area contributed by atoms with Gasteiger partial charge in [-0.05, 0) is 62.3 Å². The topological polar surface area (TPSA) is 110 Å². The van der Waals surface area contributed by atoms with E-state index >= 15 is 0 Å². The zero-order valence-electron chi connectivity index (χ0n) is 17.5. The molecule has 11 heteroatoms. The number of nitrogens with two attached hydrogens (primary N) is 1. The van der Waals surface area contributed by atoms with E-state index < -0.39 is 23.4 Å².